The Labute approximate surface area is 169 Å². The fourth-order valence-corrected chi connectivity index (χ4v) is 4.73. The van der Waals surface area contributed by atoms with E-state index >= 15 is 0 Å². The van der Waals surface area contributed by atoms with Gasteiger partial charge in [0.15, 0.2) is 0 Å². The molecule has 1 fully saturated rings. The molecule has 0 aromatic heterocycles. The number of nitrogens with one attached hydrogen (secondary N) is 1. The van der Waals surface area contributed by atoms with Crippen molar-refractivity contribution in [3.05, 3.63) is 48.0 Å². The third-order valence-electron chi connectivity index (χ3n) is 4.66. The third kappa shape index (κ3) is 4.19. The highest BCUT2D eigenvalue weighted by Gasteiger charge is 2.44. The summed E-state index contributed by atoms with van der Waals surface area (Å²) >= 11 is 0. The maximum Gasteiger partial charge on any atom is 0.267 e. The Morgan fingerprint density at radius 3 is 2.21 bits per heavy atom. The summed E-state index contributed by atoms with van der Waals surface area (Å²) in [6.45, 7) is 1.83. The Morgan fingerprint density at radius 1 is 1.07 bits per heavy atom. The number of hydrogen-bond donors (Lipinski definition) is 1. The molecular formula is C20H22N2O6S. The number of rotatable bonds is 6. The Hall–Kier alpha value is -3.07. The van der Waals surface area contributed by atoms with Gasteiger partial charge in [0.25, 0.3) is 10.0 Å². The molecule has 0 radical (unpaired) electrons. The van der Waals surface area contributed by atoms with Crippen LogP contribution in [0.3, 0.4) is 0 Å². The fraction of sp³-hybridized carbons (Fsp3) is 0.300. The molecule has 2 aromatic rings. The monoisotopic (exact) mass is 418 g/mol. The Bertz CT molecular complexity index is 1010. The first-order valence-corrected chi connectivity index (χ1v) is 10.4. The van der Waals surface area contributed by atoms with Gasteiger partial charge < -0.3 is 14.8 Å². The van der Waals surface area contributed by atoms with Crippen LogP contribution in [-0.4, -0.2) is 44.8 Å². The zero-order valence-electron chi connectivity index (χ0n) is 16.3. The normalized spacial score (nSPS) is 16.6. The summed E-state index contributed by atoms with van der Waals surface area (Å²) in [5, 5.41) is 2.66. The molecule has 29 heavy (non-hydrogen) atoms. The van der Waals surface area contributed by atoms with E-state index in [0.29, 0.717) is 21.5 Å². The van der Waals surface area contributed by atoms with Gasteiger partial charge in [-0.3, -0.25) is 9.59 Å². The molecule has 1 atom stereocenters. The van der Waals surface area contributed by atoms with Crippen molar-refractivity contribution in [1.82, 2.24) is 4.31 Å². The van der Waals surface area contributed by atoms with Crippen LogP contribution in [0.25, 0.3) is 0 Å². The molecule has 9 heteroatoms. The van der Waals surface area contributed by atoms with Crippen molar-refractivity contribution in [3.8, 4) is 11.5 Å². The van der Waals surface area contributed by atoms with E-state index in [9.17, 15) is 18.0 Å². The average molecular weight is 418 g/mol. The number of ether oxygens (including phenoxy) is 2. The summed E-state index contributed by atoms with van der Waals surface area (Å²) in [5.74, 6) is -0.270. The van der Waals surface area contributed by atoms with Crippen LogP contribution in [0.5, 0.6) is 11.5 Å². The summed E-state index contributed by atoms with van der Waals surface area (Å²) in [4.78, 5) is 25.2. The maximum absolute atomic E-state index is 13.0. The lowest BCUT2D eigenvalue weighted by Gasteiger charge is -2.24. The first kappa shape index (κ1) is 20.7. The number of anilines is 1. The largest absolute Gasteiger partial charge is 0.497 e. The standard InChI is InChI=1S/C20H22N2O6S/c1-13-4-6-17(7-5-13)29(25,26)22-18(8-9-19(22)23)20(24)21-14-10-15(27-2)12-16(11-14)28-3/h4-7,10-12,18H,8-9H2,1-3H3,(H,21,24). The highest BCUT2D eigenvalue weighted by atomic mass is 32.2. The molecule has 1 aliphatic rings. The van der Waals surface area contributed by atoms with Gasteiger partial charge in [-0.1, -0.05) is 17.7 Å². The van der Waals surface area contributed by atoms with Crippen LogP contribution in [-0.2, 0) is 19.6 Å². The van der Waals surface area contributed by atoms with Crippen LogP contribution < -0.4 is 14.8 Å². The predicted molar refractivity (Wildman–Crippen MR) is 106 cm³/mol. The van der Waals surface area contributed by atoms with Crippen molar-refractivity contribution in [2.75, 3.05) is 19.5 Å². The van der Waals surface area contributed by atoms with Gasteiger partial charge in [0.1, 0.15) is 17.5 Å². The lowest BCUT2D eigenvalue weighted by Crippen LogP contribution is -2.45. The summed E-state index contributed by atoms with van der Waals surface area (Å²) in [5.41, 5.74) is 1.26. The molecule has 1 N–H and O–H groups in total. The lowest BCUT2D eigenvalue weighted by molar-refractivity contribution is -0.128. The highest BCUT2D eigenvalue weighted by molar-refractivity contribution is 7.89. The topological polar surface area (TPSA) is 102 Å². The summed E-state index contributed by atoms with van der Waals surface area (Å²) in [7, 11) is -1.19. The van der Waals surface area contributed by atoms with E-state index in [4.69, 9.17) is 9.47 Å². The number of aryl methyl sites for hydroxylation is 1. The van der Waals surface area contributed by atoms with Crippen LogP contribution in [0.15, 0.2) is 47.4 Å². The Morgan fingerprint density at radius 2 is 1.66 bits per heavy atom. The summed E-state index contributed by atoms with van der Waals surface area (Å²) in [6, 6.07) is 9.81. The molecule has 0 bridgehead atoms. The first-order chi connectivity index (χ1) is 13.8. The van der Waals surface area contributed by atoms with Crippen LogP contribution in [0, 0.1) is 6.92 Å². The van der Waals surface area contributed by atoms with Crippen LogP contribution in [0.2, 0.25) is 0 Å². The lowest BCUT2D eigenvalue weighted by atomic mass is 10.2. The van der Waals surface area contributed by atoms with Crippen LogP contribution >= 0.6 is 0 Å². The number of hydrogen-bond acceptors (Lipinski definition) is 6. The SMILES string of the molecule is COc1cc(NC(=O)C2CCC(=O)N2S(=O)(=O)c2ccc(C)cc2)cc(OC)c1. The predicted octanol–water partition coefficient (Wildman–Crippen LogP) is 2.33. The molecule has 2 aromatic carbocycles. The number of carbonyl (C=O) groups excluding carboxylic acids is 2. The van der Waals surface area contributed by atoms with Gasteiger partial charge in [-0.2, -0.15) is 0 Å². The van der Waals surface area contributed by atoms with Gasteiger partial charge in [0.05, 0.1) is 19.1 Å². The minimum atomic E-state index is -4.14. The van der Waals surface area contributed by atoms with Crippen molar-refractivity contribution in [1.29, 1.82) is 0 Å². The van der Waals surface area contributed by atoms with E-state index in [-0.39, 0.29) is 17.7 Å². The molecule has 1 aliphatic heterocycles. The number of methoxy groups -OCH3 is 2. The number of amides is 2. The molecule has 0 spiro atoms. The number of benzene rings is 2. The van der Waals surface area contributed by atoms with Crippen molar-refractivity contribution in [3.63, 3.8) is 0 Å². The van der Waals surface area contributed by atoms with E-state index in [2.05, 4.69) is 5.32 Å². The Balaban J connectivity index is 1.88. The van der Waals surface area contributed by atoms with E-state index in [0.717, 1.165) is 5.56 Å². The molecule has 1 unspecified atom stereocenters. The molecule has 0 saturated carbocycles. The third-order valence-corrected chi connectivity index (χ3v) is 6.50. The molecule has 3 rings (SSSR count). The average Bonchev–Trinajstić information content (AvgIpc) is 3.10. The molecule has 2 amide bonds. The number of sulfonamides is 1. The Kier molecular flexibility index (Phi) is 5.78. The number of carbonyl (C=O) groups is 2. The van der Waals surface area contributed by atoms with Gasteiger partial charge in [-0.05, 0) is 25.5 Å². The fourth-order valence-electron chi connectivity index (χ4n) is 3.13. The van der Waals surface area contributed by atoms with Crippen molar-refractivity contribution in [2.24, 2.45) is 0 Å². The minimum absolute atomic E-state index is 0.0232. The van der Waals surface area contributed by atoms with Crippen LogP contribution in [0.4, 0.5) is 5.69 Å². The number of nitrogens with zero attached hydrogens (tertiary/aromatic N) is 1. The molecule has 1 saturated heterocycles. The summed E-state index contributed by atoms with van der Waals surface area (Å²) in [6.07, 6.45) is 0.0848. The van der Waals surface area contributed by atoms with Crippen molar-refractivity contribution >= 4 is 27.5 Å². The molecule has 154 valence electrons. The molecule has 8 nitrogen and oxygen atoms in total. The van der Waals surface area contributed by atoms with Gasteiger partial charge in [0, 0.05) is 30.3 Å². The van der Waals surface area contributed by atoms with Crippen LogP contribution in [0.1, 0.15) is 18.4 Å². The first-order valence-electron chi connectivity index (χ1n) is 8.94. The second-order valence-electron chi connectivity index (χ2n) is 6.65. The second-order valence-corrected chi connectivity index (χ2v) is 8.47. The summed E-state index contributed by atoms with van der Waals surface area (Å²) < 4.78 is 37.0. The molecule has 1 heterocycles. The zero-order chi connectivity index (χ0) is 21.2. The molecular weight excluding hydrogens is 396 g/mol. The minimum Gasteiger partial charge on any atom is -0.497 e. The van der Waals surface area contributed by atoms with E-state index < -0.39 is 27.9 Å². The van der Waals surface area contributed by atoms with Gasteiger partial charge in [0.2, 0.25) is 11.8 Å². The smallest absolute Gasteiger partial charge is 0.267 e. The quantitative estimate of drug-likeness (QED) is 0.773. The zero-order valence-corrected chi connectivity index (χ0v) is 17.2. The van der Waals surface area contributed by atoms with Gasteiger partial charge >= 0.3 is 0 Å². The van der Waals surface area contributed by atoms with Gasteiger partial charge in [-0.15, -0.1) is 0 Å². The van der Waals surface area contributed by atoms with E-state index in [1.807, 2.05) is 6.92 Å². The van der Waals surface area contributed by atoms with Crippen molar-refractivity contribution in [2.45, 2.75) is 30.7 Å². The molecule has 0 aliphatic carbocycles. The van der Waals surface area contributed by atoms with E-state index in [1.165, 1.54) is 26.4 Å². The van der Waals surface area contributed by atoms with Gasteiger partial charge in [-0.25, -0.2) is 12.7 Å². The van der Waals surface area contributed by atoms with Crippen molar-refractivity contribution < 1.29 is 27.5 Å². The highest BCUT2D eigenvalue weighted by Crippen LogP contribution is 2.30. The second kappa shape index (κ2) is 8.12. The van der Waals surface area contributed by atoms with E-state index in [1.54, 1.807) is 30.3 Å². The maximum atomic E-state index is 13.0.